The molecule has 5 heteroatoms. The van der Waals surface area contributed by atoms with E-state index in [1.165, 1.54) is 44.5 Å². The quantitative estimate of drug-likeness (QED) is 0.838. The number of benzene rings is 1. The van der Waals surface area contributed by atoms with Gasteiger partial charge >= 0.3 is 0 Å². The molecule has 1 aliphatic heterocycles. The topological polar surface area (TPSA) is 44.7 Å². The van der Waals surface area contributed by atoms with Gasteiger partial charge in [0.25, 0.3) is 0 Å². The Kier molecular flexibility index (Phi) is 6.46. The Balaban J connectivity index is 1.46. The summed E-state index contributed by atoms with van der Waals surface area (Å²) in [5, 5.41) is 14.1. The summed E-state index contributed by atoms with van der Waals surface area (Å²) in [4.78, 5) is 2.49. The minimum atomic E-state index is -0.552. The normalized spacial score (nSPS) is 28.7. The molecule has 0 spiro atoms. The van der Waals surface area contributed by atoms with Crippen LogP contribution in [0.2, 0.25) is 0 Å². The van der Waals surface area contributed by atoms with Crippen molar-refractivity contribution in [1.29, 1.82) is 0 Å². The van der Waals surface area contributed by atoms with Crippen molar-refractivity contribution in [3.63, 3.8) is 0 Å². The standard InChI is InChI=1S/C19H29FN2O2/c20-15-6-4-7-16(14-15)24-18-9-5-8-17(19(18)23)21-10-13-22-11-2-1-3-12-22/h4,6-7,14,17-19,21,23H,1-3,5,8-13H2/t17-,18+,19+/m0/s1. The summed E-state index contributed by atoms with van der Waals surface area (Å²) in [6, 6.07) is 6.20. The van der Waals surface area contributed by atoms with Crippen molar-refractivity contribution in [2.75, 3.05) is 26.2 Å². The highest BCUT2D eigenvalue weighted by atomic mass is 19.1. The Labute approximate surface area is 144 Å². The van der Waals surface area contributed by atoms with E-state index in [2.05, 4.69) is 10.2 Å². The molecule has 0 bridgehead atoms. The summed E-state index contributed by atoms with van der Waals surface area (Å²) in [6.07, 6.45) is 5.91. The van der Waals surface area contributed by atoms with Crippen molar-refractivity contribution in [2.24, 2.45) is 0 Å². The van der Waals surface area contributed by atoms with Gasteiger partial charge in [0.2, 0.25) is 0 Å². The highest BCUT2D eigenvalue weighted by molar-refractivity contribution is 5.23. The van der Waals surface area contributed by atoms with Crippen molar-refractivity contribution in [3.05, 3.63) is 30.1 Å². The fraction of sp³-hybridized carbons (Fsp3) is 0.684. The molecule has 3 rings (SSSR count). The van der Waals surface area contributed by atoms with Crippen LogP contribution in [0.1, 0.15) is 38.5 Å². The molecule has 2 N–H and O–H groups in total. The first kappa shape index (κ1) is 17.6. The second-order valence-corrected chi connectivity index (χ2v) is 7.00. The van der Waals surface area contributed by atoms with Crippen LogP contribution < -0.4 is 10.1 Å². The number of piperidine rings is 1. The molecule has 0 radical (unpaired) electrons. The lowest BCUT2D eigenvalue weighted by molar-refractivity contribution is -0.0158. The zero-order valence-electron chi connectivity index (χ0n) is 14.3. The van der Waals surface area contributed by atoms with E-state index in [1.54, 1.807) is 12.1 Å². The van der Waals surface area contributed by atoms with E-state index in [0.29, 0.717) is 5.75 Å². The molecule has 24 heavy (non-hydrogen) atoms. The second kappa shape index (κ2) is 8.79. The van der Waals surface area contributed by atoms with E-state index in [1.807, 2.05) is 0 Å². The van der Waals surface area contributed by atoms with Gasteiger partial charge in [-0.05, 0) is 57.3 Å². The van der Waals surface area contributed by atoms with Gasteiger partial charge in [-0.1, -0.05) is 12.5 Å². The molecule has 0 unspecified atom stereocenters. The van der Waals surface area contributed by atoms with Gasteiger partial charge in [0, 0.05) is 25.2 Å². The van der Waals surface area contributed by atoms with Crippen molar-refractivity contribution < 1.29 is 14.2 Å². The predicted molar refractivity (Wildman–Crippen MR) is 92.8 cm³/mol. The molecule has 134 valence electrons. The van der Waals surface area contributed by atoms with Crippen LogP contribution in [-0.4, -0.2) is 54.4 Å². The van der Waals surface area contributed by atoms with Crippen LogP contribution in [0.5, 0.6) is 5.75 Å². The average Bonchev–Trinajstić information content (AvgIpc) is 2.59. The molecular weight excluding hydrogens is 307 g/mol. The number of hydrogen-bond donors (Lipinski definition) is 2. The summed E-state index contributed by atoms with van der Waals surface area (Å²) in [5.74, 6) is 0.182. The van der Waals surface area contributed by atoms with Crippen LogP contribution in [0.4, 0.5) is 4.39 Å². The van der Waals surface area contributed by atoms with Gasteiger partial charge in [-0.15, -0.1) is 0 Å². The maximum Gasteiger partial charge on any atom is 0.126 e. The number of aliphatic hydroxyl groups is 1. The van der Waals surface area contributed by atoms with Crippen molar-refractivity contribution in [1.82, 2.24) is 10.2 Å². The number of aliphatic hydroxyl groups excluding tert-OH is 1. The molecule has 4 nitrogen and oxygen atoms in total. The first-order chi connectivity index (χ1) is 11.7. The summed E-state index contributed by atoms with van der Waals surface area (Å²) >= 11 is 0. The van der Waals surface area contributed by atoms with E-state index < -0.39 is 6.10 Å². The SMILES string of the molecule is O[C@@H]1[C@@H](NCCN2CCCCC2)CCC[C@H]1Oc1cccc(F)c1. The fourth-order valence-corrected chi connectivity index (χ4v) is 3.80. The van der Waals surface area contributed by atoms with Crippen LogP contribution in [0, 0.1) is 5.82 Å². The number of ether oxygens (including phenoxy) is 1. The van der Waals surface area contributed by atoms with Gasteiger partial charge in [-0.3, -0.25) is 0 Å². The monoisotopic (exact) mass is 336 g/mol. The fourth-order valence-electron chi connectivity index (χ4n) is 3.80. The summed E-state index contributed by atoms with van der Waals surface area (Å²) in [6.45, 7) is 4.33. The molecule has 1 aromatic rings. The summed E-state index contributed by atoms with van der Waals surface area (Å²) in [5.41, 5.74) is 0. The second-order valence-electron chi connectivity index (χ2n) is 7.00. The van der Waals surface area contributed by atoms with E-state index in [4.69, 9.17) is 4.74 Å². The van der Waals surface area contributed by atoms with Gasteiger partial charge < -0.3 is 20.1 Å². The third kappa shape index (κ3) is 4.91. The molecule has 0 amide bonds. The smallest absolute Gasteiger partial charge is 0.126 e. The maximum absolute atomic E-state index is 13.3. The lowest BCUT2D eigenvalue weighted by Gasteiger charge is -2.36. The number of nitrogens with zero attached hydrogens (tertiary/aromatic N) is 1. The number of hydrogen-bond acceptors (Lipinski definition) is 4. The van der Waals surface area contributed by atoms with E-state index >= 15 is 0 Å². The molecule has 1 heterocycles. The number of likely N-dealkylation sites (tertiary alicyclic amines) is 1. The molecular formula is C19H29FN2O2. The third-order valence-electron chi connectivity index (χ3n) is 5.16. The minimum Gasteiger partial charge on any atom is -0.488 e. The first-order valence-electron chi connectivity index (χ1n) is 9.28. The Morgan fingerprint density at radius 1 is 1.17 bits per heavy atom. The molecule has 2 aliphatic rings. The number of halogens is 1. The average molecular weight is 336 g/mol. The van der Waals surface area contributed by atoms with Gasteiger partial charge in [0.05, 0.1) is 0 Å². The van der Waals surface area contributed by atoms with Crippen LogP contribution in [0.25, 0.3) is 0 Å². The highest BCUT2D eigenvalue weighted by Gasteiger charge is 2.33. The molecule has 2 fully saturated rings. The van der Waals surface area contributed by atoms with Crippen LogP contribution in [-0.2, 0) is 0 Å². The molecule has 1 saturated carbocycles. The van der Waals surface area contributed by atoms with Gasteiger partial charge in [0.1, 0.15) is 23.8 Å². The molecule has 1 saturated heterocycles. The lowest BCUT2D eigenvalue weighted by Crippen LogP contribution is -2.52. The minimum absolute atomic E-state index is 0.0575. The summed E-state index contributed by atoms with van der Waals surface area (Å²) in [7, 11) is 0. The Bertz CT molecular complexity index is 508. The Morgan fingerprint density at radius 2 is 2.00 bits per heavy atom. The Morgan fingerprint density at radius 3 is 2.79 bits per heavy atom. The summed E-state index contributed by atoms with van der Waals surface area (Å²) < 4.78 is 19.1. The lowest BCUT2D eigenvalue weighted by atomic mass is 9.90. The van der Waals surface area contributed by atoms with Crippen LogP contribution in [0.15, 0.2) is 24.3 Å². The zero-order chi connectivity index (χ0) is 16.8. The highest BCUT2D eigenvalue weighted by Crippen LogP contribution is 2.25. The van der Waals surface area contributed by atoms with Gasteiger partial charge in [0.15, 0.2) is 0 Å². The zero-order valence-corrected chi connectivity index (χ0v) is 14.3. The van der Waals surface area contributed by atoms with E-state index in [0.717, 1.165) is 32.4 Å². The first-order valence-corrected chi connectivity index (χ1v) is 9.28. The Hall–Kier alpha value is -1.17. The van der Waals surface area contributed by atoms with Crippen LogP contribution >= 0.6 is 0 Å². The predicted octanol–water partition coefficient (Wildman–Crippen LogP) is 2.56. The van der Waals surface area contributed by atoms with Gasteiger partial charge in [-0.2, -0.15) is 0 Å². The third-order valence-corrected chi connectivity index (χ3v) is 5.16. The van der Waals surface area contributed by atoms with Crippen molar-refractivity contribution in [3.8, 4) is 5.75 Å². The van der Waals surface area contributed by atoms with Gasteiger partial charge in [-0.25, -0.2) is 4.39 Å². The molecule has 0 aromatic heterocycles. The molecule has 3 atom stereocenters. The number of nitrogens with one attached hydrogen (secondary N) is 1. The largest absolute Gasteiger partial charge is 0.488 e. The van der Waals surface area contributed by atoms with Crippen LogP contribution in [0.3, 0.4) is 0 Å². The molecule has 1 aliphatic carbocycles. The van der Waals surface area contributed by atoms with Crippen molar-refractivity contribution >= 4 is 0 Å². The van der Waals surface area contributed by atoms with E-state index in [-0.39, 0.29) is 18.0 Å². The number of rotatable bonds is 6. The van der Waals surface area contributed by atoms with E-state index in [9.17, 15) is 9.50 Å². The molecule has 1 aromatic carbocycles. The maximum atomic E-state index is 13.3. The van der Waals surface area contributed by atoms with Crippen molar-refractivity contribution in [2.45, 2.75) is 56.8 Å².